The van der Waals surface area contributed by atoms with E-state index in [4.69, 9.17) is 4.74 Å². The van der Waals surface area contributed by atoms with Crippen LogP contribution >= 0.6 is 0 Å². The first-order valence-electron chi connectivity index (χ1n) is 5.92. The Balaban J connectivity index is 2.44. The number of ether oxygens (including phenoxy) is 1. The van der Waals surface area contributed by atoms with Crippen molar-refractivity contribution in [1.29, 1.82) is 0 Å². The van der Waals surface area contributed by atoms with Gasteiger partial charge in [0.1, 0.15) is 5.75 Å². The SMILES string of the molecule is COc1ccc2cc(N(C)C(C)C)ccc2c1. The van der Waals surface area contributed by atoms with Gasteiger partial charge in [-0.15, -0.1) is 0 Å². The van der Waals surface area contributed by atoms with Gasteiger partial charge in [-0.05, 0) is 48.9 Å². The van der Waals surface area contributed by atoms with E-state index in [9.17, 15) is 0 Å². The Morgan fingerprint density at radius 1 is 1.00 bits per heavy atom. The maximum Gasteiger partial charge on any atom is 0.119 e. The lowest BCUT2D eigenvalue weighted by atomic mass is 10.1. The molecule has 0 radical (unpaired) electrons. The topological polar surface area (TPSA) is 12.5 Å². The zero-order valence-corrected chi connectivity index (χ0v) is 10.9. The number of methoxy groups -OCH3 is 1. The van der Waals surface area contributed by atoms with Gasteiger partial charge in [-0.2, -0.15) is 0 Å². The minimum absolute atomic E-state index is 0.505. The van der Waals surface area contributed by atoms with E-state index in [0.717, 1.165) is 5.75 Å². The third kappa shape index (κ3) is 2.36. The maximum atomic E-state index is 5.23. The first kappa shape index (κ1) is 11.8. The minimum atomic E-state index is 0.505. The Labute approximate surface area is 103 Å². The van der Waals surface area contributed by atoms with Gasteiger partial charge in [-0.1, -0.05) is 12.1 Å². The normalized spacial score (nSPS) is 10.9. The number of anilines is 1. The highest BCUT2D eigenvalue weighted by atomic mass is 16.5. The standard InChI is InChI=1S/C15H19NO/c1-11(2)16(3)14-7-5-13-10-15(17-4)8-6-12(13)9-14/h5-11H,1-4H3. The second kappa shape index (κ2) is 4.66. The van der Waals surface area contributed by atoms with Crippen LogP contribution in [0.1, 0.15) is 13.8 Å². The highest BCUT2D eigenvalue weighted by Gasteiger charge is 2.05. The van der Waals surface area contributed by atoms with Crippen LogP contribution in [0.2, 0.25) is 0 Å². The largest absolute Gasteiger partial charge is 0.497 e. The van der Waals surface area contributed by atoms with Crippen molar-refractivity contribution in [3.05, 3.63) is 36.4 Å². The summed E-state index contributed by atoms with van der Waals surface area (Å²) in [5, 5.41) is 2.46. The van der Waals surface area contributed by atoms with Crippen molar-refractivity contribution in [1.82, 2.24) is 0 Å². The molecule has 0 aliphatic carbocycles. The highest BCUT2D eigenvalue weighted by molar-refractivity contribution is 5.87. The molecule has 0 amide bonds. The predicted molar refractivity (Wildman–Crippen MR) is 74.0 cm³/mol. The fourth-order valence-corrected chi connectivity index (χ4v) is 1.86. The molecule has 2 rings (SSSR count). The molecular weight excluding hydrogens is 210 g/mol. The summed E-state index contributed by atoms with van der Waals surface area (Å²) in [5.41, 5.74) is 1.25. The fourth-order valence-electron chi connectivity index (χ4n) is 1.86. The number of nitrogens with zero attached hydrogens (tertiary/aromatic N) is 1. The molecule has 0 heterocycles. The second-order valence-electron chi connectivity index (χ2n) is 4.60. The van der Waals surface area contributed by atoms with E-state index in [2.05, 4.69) is 56.1 Å². The Hall–Kier alpha value is -1.70. The number of hydrogen-bond acceptors (Lipinski definition) is 2. The lowest BCUT2D eigenvalue weighted by molar-refractivity contribution is 0.415. The molecule has 0 saturated carbocycles. The summed E-state index contributed by atoms with van der Waals surface area (Å²) in [4.78, 5) is 2.27. The van der Waals surface area contributed by atoms with Crippen LogP contribution in [-0.2, 0) is 0 Å². The number of benzene rings is 2. The molecule has 0 unspecified atom stereocenters. The first-order chi connectivity index (χ1) is 8.11. The van der Waals surface area contributed by atoms with Crippen molar-refractivity contribution >= 4 is 16.5 Å². The summed E-state index contributed by atoms with van der Waals surface area (Å²) in [6.45, 7) is 4.39. The molecule has 90 valence electrons. The van der Waals surface area contributed by atoms with Crippen molar-refractivity contribution in [3.8, 4) is 5.75 Å². The molecule has 0 atom stereocenters. The Kier molecular flexibility index (Phi) is 3.23. The predicted octanol–water partition coefficient (Wildman–Crippen LogP) is 3.69. The second-order valence-corrected chi connectivity index (χ2v) is 4.60. The molecule has 0 spiro atoms. The minimum Gasteiger partial charge on any atom is -0.497 e. The van der Waals surface area contributed by atoms with Crippen LogP contribution in [0.4, 0.5) is 5.69 Å². The van der Waals surface area contributed by atoms with Gasteiger partial charge in [0.05, 0.1) is 7.11 Å². The summed E-state index contributed by atoms with van der Waals surface area (Å²) in [6.07, 6.45) is 0. The van der Waals surface area contributed by atoms with Gasteiger partial charge in [0, 0.05) is 18.8 Å². The molecule has 2 aromatic rings. The Morgan fingerprint density at radius 3 is 2.29 bits per heavy atom. The Bertz CT molecular complexity index is 519. The van der Waals surface area contributed by atoms with Crippen LogP contribution in [0, 0.1) is 0 Å². The van der Waals surface area contributed by atoms with Crippen LogP contribution in [0.3, 0.4) is 0 Å². The smallest absolute Gasteiger partial charge is 0.119 e. The van der Waals surface area contributed by atoms with E-state index in [1.807, 2.05) is 6.07 Å². The molecule has 17 heavy (non-hydrogen) atoms. The van der Waals surface area contributed by atoms with Crippen molar-refractivity contribution in [2.45, 2.75) is 19.9 Å². The molecule has 0 aromatic heterocycles. The van der Waals surface area contributed by atoms with E-state index >= 15 is 0 Å². The lowest BCUT2D eigenvalue weighted by Crippen LogP contribution is -2.25. The average Bonchev–Trinajstić information content (AvgIpc) is 2.36. The molecule has 0 N–H and O–H groups in total. The van der Waals surface area contributed by atoms with E-state index in [1.54, 1.807) is 7.11 Å². The van der Waals surface area contributed by atoms with E-state index in [-0.39, 0.29) is 0 Å². The van der Waals surface area contributed by atoms with Gasteiger partial charge in [0.15, 0.2) is 0 Å². The number of fused-ring (bicyclic) bond motifs is 1. The van der Waals surface area contributed by atoms with Gasteiger partial charge in [0.2, 0.25) is 0 Å². The van der Waals surface area contributed by atoms with Gasteiger partial charge in [-0.3, -0.25) is 0 Å². The summed E-state index contributed by atoms with van der Waals surface area (Å²) in [7, 11) is 3.82. The maximum absolute atomic E-state index is 5.23. The van der Waals surface area contributed by atoms with Crippen LogP contribution < -0.4 is 9.64 Å². The van der Waals surface area contributed by atoms with Crippen LogP contribution in [0.5, 0.6) is 5.75 Å². The summed E-state index contributed by atoms with van der Waals surface area (Å²) < 4.78 is 5.23. The molecule has 0 fully saturated rings. The number of hydrogen-bond donors (Lipinski definition) is 0. The van der Waals surface area contributed by atoms with Gasteiger partial charge in [-0.25, -0.2) is 0 Å². The molecule has 2 nitrogen and oxygen atoms in total. The molecular formula is C15H19NO. The molecule has 0 bridgehead atoms. The highest BCUT2D eigenvalue weighted by Crippen LogP contribution is 2.25. The Morgan fingerprint density at radius 2 is 1.65 bits per heavy atom. The average molecular weight is 229 g/mol. The summed E-state index contributed by atoms with van der Waals surface area (Å²) in [5.74, 6) is 0.905. The van der Waals surface area contributed by atoms with E-state index in [1.165, 1.54) is 16.5 Å². The van der Waals surface area contributed by atoms with Crippen molar-refractivity contribution in [2.75, 3.05) is 19.1 Å². The number of rotatable bonds is 3. The molecule has 2 aromatic carbocycles. The molecule has 0 saturated heterocycles. The van der Waals surface area contributed by atoms with Crippen LogP contribution in [0.15, 0.2) is 36.4 Å². The van der Waals surface area contributed by atoms with Crippen molar-refractivity contribution < 1.29 is 4.74 Å². The van der Waals surface area contributed by atoms with Gasteiger partial charge in [0.25, 0.3) is 0 Å². The first-order valence-corrected chi connectivity index (χ1v) is 5.92. The lowest BCUT2D eigenvalue weighted by Gasteiger charge is -2.24. The molecule has 0 aliphatic heterocycles. The zero-order valence-electron chi connectivity index (χ0n) is 10.9. The third-order valence-electron chi connectivity index (χ3n) is 3.21. The monoisotopic (exact) mass is 229 g/mol. The van der Waals surface area contributed by atoms with Crippen LogP contribution in [0.25, 0.3) is 10.8 Å². The fraction of sp³-hybridized carbons (Fsp3) is 0.333. The molecule has 2 heteroatoms. The molecule has 0 aliphatic rings. The summed E-state index contributed by atoms with van der Waals surface area (Å²) in [6, 6.07) is 13.2. The zero-order chi connectivity index (χ0) is 12.4. The quantitative estimate of drug-likeness (QED) is 0.795. The van der Waals surface area contributed by atoms with Crippen molar-refractivity contribution in [3.63, 3.8) is 0 Å². The third-order valence-corrected chi connectivity index (χ3v) is 3.21. The summed E-state index contributed by atoms with van der Waals surface area (Å²) >= 11 is 0. The van der Waals surface area contributed by atoms with E-state index < -0.39 is 0 Å². The van der Waals surface area contributed by atoms with E-state index in [0.29, 0.717) is 6.04 Å². The van der Waals surface area contributed by atoms with Crippen LogP contribution in [-0.4, -0.2) is 20.2 Å². The van der Waals surface area contributed by atoms with Crippen molar-refractivity contribution in [2.24, 2.45) is 0 Å². The van der Waals surface area contributed by atoms with Gasteiger partial charge < -0.3 is 9.64 Å². The van der Waals surface area contributed by atoms with Gasteiger partial charge >= 0.3 is 0 Å².